The fourth-order valence-electron chi connectivity index (χ4n) is 1.43. The van der Waals surface area contributed by atoms with E-state index in [4.69, 9.17) is 23.2 Å². The van der Waals surface area contributed by atoms with Crippen molar-refractivity contribution in [2.75, 3.05) is 0 Å². The molecule has 0 fully saturated rings. The molecule has 0 radical (unpaired) electrons. The van der Waals surface area contributed by atoms with Crippen LogP contribution in [0.3, 0.4) is 0 Å². The molecule has 2 N–H and O–H groups in total. The Labute approximate surface area is 105 Å². The van der Waals surface area contributed by atoms with Crippen LogP contribution in [0.4, 0.5) is 0 Å². The zero-order chi connectivity index (χ0) is 12.3. The van der Waals surface area contributed by atoms with Crippen molar-refractivity contribution in [3.63, 3.8) is 0 Å². The van der Waals surface area contributed by atoms with Crippen LogP contribution in [0, 0.1) is 0 Å². The molecule has 90 valence electrons. The van der Waals surface area contributed by atoms with Gasteiger partial charge in [0.1, 0.15) is 12.5 Å². The summed E-state index contributed by atoms with van der Waals surface area (Å²) in [5.74, 6) is 0. The first-order valence-corrected chi connectivity index (χ1v) is 5.73. The lowest BCUT2D eigenvalue weighted by Crippen LogP contribution is -2.39. The van der Waals surface area contributed by atoms with E-state index in [9.17, 15) is 10.2 Å². The number of hydrogen-bond acceptors (Lipinski definition) is 3. The Morgan fingerprint density at radius 1 is 1.12 bits per heavy atom. The van der Waals surface area contributed by atoms with Gasteiger partial charge in [0, 0.05) is 6.54 Å². The fourth-order valence-corrected chi connectivity index (χ4v) is 1.75. The molecule has 0 spiro atoms. The minimum absolute atomic E-state index is 0.409. The molecule has 0 amide bonds. The molecule has 0 aliphatic rings. The van der Waals surface area contributed by atoms with E-state index in [1.54, 1.807) is 26.0 Å². The third-order valence-electron chi connectivity index (χ3n) is 2.31. The quantitative estimate of drug-likeness (QED) is 0.821. The number of halogens is 2. The SMILES string of the molecule is CC(O)N(Cc1ccc(Cl)c(Cl)c1)C(C)O. The highest BCUT2D eigenvalue weighted by Gasteiger charge is 2.16. The Morgan fingerprint density at radius 3 is 2.12 bits per heavy atom. The van der Waals surface area contributed by atoms with Crippen LogP contribution in [0.5, 0.6) is 0 Å². The van der Waals surface area contributed by atoms with Gasteiger partial charge in [-0.1, -0.05) is 29.3 Å². The van der Waals surface area contributed by atoms with E-state index >= 15 is 0 Å². The van der Waals surface area contributed by atoms with Crippen LogP contribution in [0.25, 0.3) is 0 Å². The van der Waals surface area contributed by atoms with Crippen molar-refractivity contribution in [3.8, 4) is 0 Å². The van der Waals surface area contributed by atoms with Gasteiger partial charge >= 0.3 is 0 Å². The van der Waals surface area contributed by atoms with E-state index in [1.807, 2.05) is 6.07 Å². The summed E-state index contributed by atoms with van der Waals surface area (Å²) in [5.41, 5.74) is 0.885. The van der Waals surface area contributed by atoms with Crippen LogP contribution < -0.4 is 0 Å². The number of nitrogens with zero attached hydrogens (tertiary/aromatic N) is 1. The van der Waals surface area contributed by atoms with Gasteiger partial charge in [-0.2, -0.15) is 0 Å². The summed E-state index contributed by atoms with van der Waals surface area (Å²) < 4.78 is 0. The first kappa shape index (κ1) is 13.7. The van der Waals surface area contributed by atoms with Crippen LogP contribution in [-0.4, -0.2) is 27.6 Å². The molecule has 1 aromatic rings. The standard InChI is InChI=1S/C11H15Cl2NO2/c1-7(15)14(8(2)16)6-9-3-4-10(12)11(13)5-9/h3-5,7-8,15-16H,6H2,1-2H3. The molecule has 2 unspecified atom stereocenters. The predicted octanol–water partition coefficient (Wildman–Crippen LogP) is 2.47. The summed E-state index contributed by atoms with van der Waals surface area (Å²) in [6, 6.07) is 5.23. The van der Waals surface area contributed by atoms with Crippen LogP contribution in [0.15, 0.2) is 18.2 Å². The summed E-state index contributed by atoms with van der Waals surface area (Å²) in [6.07, 6.45) is -1.45. The Bertz CT molecular complexity index is 348. The zero-order valence-electron chi connectivity index (χ0n) is 9.19. The lowest BCUT2D eigenvalue weighted by atomic mass is 10.2. The molecule has 5 heteroatoms. The van der Waals surface area contributed by atoms with E-state index < -0.39 is 12.5 Å². The van der Waals surface area contributed by atoms with Gasteiger partial charge in [-0.05, 0) is 31.5 Å². The number of benzene rings is 1. The highest BCUT2D eigenvalue weighted by atomic mass is 35.5. The van der Waals surface area contributed by atoms with Gasteiger partial charge < -0.3 is 10.2 Å². The fraction of sp³-hybridized carbons (Fsp3) is 0.455. The van der Waals surface area contributed by atoms with Gasteiger partial charge in [0.2, 0.25) is 0 Å². The van der Waals surface area contributed by atoms with Crippen molar-refractivity contribution in [3.05, 3.63) is 33.8 Å². The Kier molecular flexibility index (Phi) is 5.02. The molecule has 0 saturated carbocycles. The molecular weight excluding hydrogens is 249 g/mol. The first-order chi connectivity index (χ1) is 7.41. The van der Waals surface area contributed by atoms with Gasteiger partial charge in [0.05, 0.1) is 10.0 Å². The summed E-state index contributed by atoms with van der Waals surface area (Å²) in [7, 11) is 0. The zero-order valence-corrected chi connectivity index (χ0v) is 10.7. The summed E-state index contributed by atoms with van der Waals surface area (Å²) >= 11 is 11.7. The Morgan fingerprint density at radius 2 is 1.69 bits per heavy atom. The second-order valence-corrected chi connectivity index (χ2v) is 4.50. The number of hydrogen-bond donors (Lipinski definition) is 2. The van der Waals surface area contributed by atoms with Gasteiger partial charge in [-0.15, -0.1) is 0 Å². The molecule has 0 heterocycles. The van der Waals surface area contributed by atoms with Crippen molar-refractivity contribution in [2.24, 2.45) is 0 Å². The molecule has 1 aromatic carbocycles. The minimum atomic E-state index is -0.727. The van der Waals surface area contributed by atoms with E-state index in [0.29, 0.717) is 16.6 Å². The third kappa shape index (κ3) is 3.61. The van der Waals surface area contributed by atoms with Crippen LogP contribution in [0.1, 0.15) is 19.4 Å². The Hall–Kier alpha value is -0.320. The third-order valence-corrected chi connectivity index (χ3v) is 3.05. The lowest BCUT2D eigenvalue weighted by Gasteiger charge is -2.28. The molecule has 3 nitrogen and oxygen atoms in total. The summed E-state index contributed by atoms with van der Waals surface area (Å²) in [5, 5.41) is 19.9. The molecule has 1 rings (SSSR count). The van der Waals surface area contributed by atoms with Crippen LogP contribution >= 0.6 is 23.2 Å². The molecule has 0 aromatic heterocycles. The molecule has 0 aliphatic carbocycles. The van der Waals surface area contributed by atoms with Gasteiger partial charge in [0.15, 0.2) is 0 Å². The molecule has 0 aliphatic heterocycles. The molecular formula is C11H15Cl2NO2. The second kappa shape index (κ2) is 5.84. The van der Waals surface area contributed by atoms with E-state index in [1.165, 1.54) is 4.90 Å². The lowest BCUT2D eigenvalue weighted by molar-refractivity contribution is -0.0897. The first-order valence-electron chi connectivity index (χ1n) is 4.97. The topological polar surface area (TPSA) is 43.7 Å². The van der Waals surface area contributed by atoms with Crippen molar-refractivity contribution in [1.29, 1.82) is 0 Å². The van der Waals surface area contributed by atoms with Crippen molar-refractivity contribution >= 4 is 23.2 Å². The maximum Gasteiger partial charge on any atom is 0.106 e. The number of rotatable bonds is 4. The van der Waals surface area contributed by atoms with Crippen molar-refractivity contribution < 1.29 is 10.2 Å². The van der Waals surface area contributed by atoms with Crippen LogP contribution in [-0.2, 0) is 6.54 Å². The molecule has 16 heavy (non-hydrogen) atoms. The smallest absolute Gasteiger partial charge is 0.106 e. The Balaban J connectivity index is 2.81. The average Bonchev–Trinajstić information content (AvgIpc) is 2.18. The summed E-state index contributed by atoms with van der Waals surface area (Å²) in [4.78, 5) is 1.53. The van der Waals surface area contributed by atoms with E-state index in [0.717, 1.165) is 5.56 Å². The van der Waals surface area contributed by atoms with E-state index in [-0.39, 0.29) is 0 Å². The maximum absolute atomic E-state index is 9.47. The van der Waals surface area contributed by atoms with Gasteiger partial charge in [-0.3, -0.25) is 0 Å². The average molecular weight is 264 g/mol. The van der Waals surface area contributed by atoms with E-state index in [2.05, 4.69) is 0 Å². The highest BCUT2D eigenvalue weighted by molar-refractivity contribution is 6.42. The number of aliphatic hydroxyl groups excluding tert-OH is 2. The monoisotopic (exact) mass is 263 g/mol. The van der Waals surface area contributed by atoms with Crippen LogP contribution in [0.2, 0.25) is 10.0 Å². The molecule has 0 saturated heterocycles. The normalized spacial score (nSPS) is 15.2. The maximum atomic E-state index is 9.47. The summed E-state index contributed by atoms with van der Waals surface area (Å²) in [6.45, 7) is 3.61. The van der Waals surface area contributed by atoms with Gasteiger partial charge in [0.25, 0.3) is 0 Å². The number of aliphatic hydroxyl groups is 2. The minimum Gasteiger partial charge on any atom is -0.379 e. The largest absolute Gasteiger partial charge is 0.379 e. The highest BCUT2D eigenvalue weighted by Crippen LogP contribution is 2.23. The molecule has 2 atom stereocenters. The van der Waals surface area contributed by atoms with Crippen molar-refractivity contribution in [2.45, 2.75) is 32.8 Å². The van der Waals surface area contributed by atoms with Crippen molar-refractivity contribution in [1.82, 2.24) is 4.90 Å². The predicted molar refractivity (Wildman–Crippen MR) is 65.4 cm³/mol. The molecule has 0 bridgehead atoms. The van der Waals surface area contributed by atoms with Gasteiger partial charge in [-0.25, -0.2) is 4.90 Å². The second-order valence-electron chi connectivity index (χ2n) is 3.68.